The van der Waals surface area contributed by atoms with Gasteiger partial charge in [0.05, 0.1) is 17.3 Å². The van der Waals surface area contributed by atoms with Crippen LogP contribution in [0.1, 0.15) is 71.8 Å². The summed E-state index contributed by atoms with van der Waals surface area (Å²) in [5.41, 5.74) is 7.96. The van der Waals surface area contributed by atoms with Crippen molar-refractivity contribution < 1.29 is 9.59 Å². The van der Waals surface area contributed by atoms with Crippen LogP contribution in [-0.2, 0) is 11.2 Å². The van der Waals surface area contributed by atoms with E-state index in [0.29, 0.717) is 16.8 Å². The molecule has 0 bridgehead atoms. The number of allylic oxidation sites excluding steroid dienone is 1. The van der Waals surface area contributed by atoms with E-state index >= 15 is 0 Å². The molecular weight excluding hydrogens is 528 g/mol. The van der Waals surface area contributed by atoms with Crippen molar-refractivity contribution in [1.29, 1.82) is 0 Å². The Morgan fingerprint density at radius 1 is 0.951 bits per heavy atom. The minimum Gasteiger partial charge on any atom is -0.340 e. The molecule has 0 saturated carbocycles. The van der Waals surface area contributed by atoms with Crippen LogP contribution in [0.4, 0.5) is 11.4 Å². The minimum atomic E-state index is -0.263. The minimum absolute atomic E-state index is 0.136. The fourth-order valence-corrected chi connectivity index (χ4v) is 6.42. The van der Waals surface area contributed by atoms with Crippen molar-refractivity contribution in [2.45, 2.75) is 59.4 Å². The molecule has 2 heterocycles. The van der Waals surface area contributed by atoms with Crippen LogP contribution >= 0.6 is 11.8 Å². The molecule has 0 aliphatic carbocycles. The third-order valence-electron chi connectivity index (χ3n) is 7.65. The summed E-state index contributed by atoms with van der Waals surface area (Å²) in [7, 11) is 0. The van der Waals surface area contributed by atoms with Crippen molar-refractivity contribution in [3.05, 3.63) is 106 Å². The normalized spacial score (nSPS) is 16.6. The number of fused-ring (bicyclic) bond motifs is 1. The van der Waals surface area contributed by atoms with Gasteiger partial charge in [0.2, 0.25) is 0 Å². The number of aliphatic imine (C=N–C) groups is 1. The van der Waals surface area contributed by atoms with Gasteiger partial charge >= 0.3 is 0 Å². The van der Waals surface area contributed by atoms with Crippen molar-refractivity contribution in [1.82, 2.24) is 4.90 Å². The first kappa shape index (κ1) is 28.7. The Morgan fingerprint density at radius 3 is 2.41 bits per heavy atom. The predicted octanol–water partition coefficient (Wildman–Crippen LogP) is 7.66. The molecule has 2 amide bonds. The first-order valence-corrected chi connectivity index (χ1v) is 15.4. The van der Waals surface area contributed by atoms with Crippen molar-refractivity contribution in [2.24, 2.45) is 4.99 Å². The van der Waals surface area contributed by atoms with E-state index in [9.17, 15) is 9.59 Å². The number of hydrogen-bond acceptors (Lipinski definition) is 5. The number of unbranched alkanes of at least 4 members (excludes halogenated alkanes) is 1. The highest BCUT2D eigenvalue weighted by Crippen LogP contribution is 2.40. The van der Waals surface area contributed by atoms with E-state index in [-0.39, 0.29) is 17.9 Å². The van der Waals surface area contributed by atoms with Gasteiger partial charge in [0.25, 0.3) is 11.8 Å². The lowest BCUT2D eigenvalue weighted by molar-refractivity contribution is -0.113. The van der Waals surface area contributed by atoms with Gasteiger partial charge in [0, 0.05) is 29.2 Å². The van der Waals surface area contributed by atoms with Gasteiger partial charge in [0.15, 0.2) is 5.17 Å². The molecule has 41 heavy (non-hydrogen) atoms. The van der Waals surface area contributed by atoms with Gasteiger partial charge in [-0.05, 0) is 87.1 Å². The zero-order valence-corrected chi connectivity index (χ0v) is 25.1. The molecule has 5 rings (SSSR count). The zero-order valence-electron chi connectivity index (χ0n) is 24.3. The van der Waals surface area contributed by atoms with Crippen LogP contribution in [0.5, 0.6) is 0 Å². The molecule has 1 atom stereocenters. The van der Waals surface area contributed by atoms with E-state index in [1.54, 1.807) is 11.8 Å². The molecule has 0 radical (unpaired) electrons. The van der Waals surface area contributed by atoms with Crippen LogP contribution in [0.25, 0.3) is 0 Å². The number of amidine groups is 1. The highest BCUT2D eigenvalue weighted by molar-refractivity contribution is 8.13. The number of rotatable bonds is 8. The standard InChI is InChI=1S/C34H38N4O2S/c1-5-6-8-25-10-12-27(13-11-25)32(39)36-28-16-14-26(15-17-28)31-30(24(4)35-34-38(31)19-7-20-41-34)33(40)37-29-18-9-22(2)21-23(29)3/h9-18,21,31H,5-8,19-20H2,1-4H3,(H,36,39)(H,37,40). The van der Waals surface area contributed by atoms with E-state index in [1.807, 2.05) is 81.4 Å². The fraction of sp³-hybridized carbons (Fsp3) is 0.324. The maximum atomic E-state index is 13.8. The Morgan fingerprint density at radius 2 is 1.71 bits per heavy atom. The van der Waals surface area contributed by atoms with E-state index in [0.717, 1.165) is 71.2 Å². The lowest BCUT2D eigenvalue weighted by Gasteiger charge is -2.41. The van der Waals surface area contributed by atoms with E-state index < -0.39 is 0 Å². The number of benzene rings is 3. The summed E-state index contributed by atoms with van der Waals surface area (Å²) < 4.78 is 0. The van der Waals surface area contributed by atoms with Gasteiger partial charge in [-0.3, -0.25) is 9.59 Å². The summed E-state index contributed by atoms with van der Waals surface area (Å²) >= 11 is 1.74. The number of nitrogens with one attached hydrogen (secondary N) is 2. The monoisotopic (exact) mass is 566 g/mol. The molecule has 3 aromatic rings. The largest absolute Gasteiger partial charge is 0.340 e. The Balaban J connectivity index is 1.37. The van der Waals surface area contributed by atoms with Crippen molar-refractivity contribution >= 4 is 40.1 Å². The topological polar surface area (TPSA) is 73.8 Å². The third-order valence-corrected chi connectivity index (χ3v) is 8.73. The summed E-state index contributed by atoms with van der Waals surface area (Å²) in [5, 5.41) is 7.13. The van der Waals surface area contributed by atoms with Crippen molar-refractivity contribution in [3.8, 4) is 0 Å². The highest BCUT2D eigenvalue weighted by Gasteiger charge is 2.37. The molecule has 2 aliphatic rings. The second-order valence-corrected chi connectivity index (χ2v) is 11.9. The number of carbonyl (C=O) groups is 2. The van der Waals surface area contributed by atoms with Gasteiger partial charge in [-0.1, -0.05) is 67.1 Å². The number of amides is 2. The number of anilines is 2. The van der Waals surface area contributed by atoms with E-state index in [4.69, 9.17) is 4.99 Å². The van der Waals surface area contributed by atoms with Gasteiger partial charge in [-0.25, -0.2) is 4.99 Å². The lowest BCUT2D eigenvalue weighted by atomic mass is 9.93. The first-order chi connectivity index (χ1) is 19.8. The lowest BCUT2D eigenvalue weighted by Crippen LogP contribution is -2.43. The van der Waals surface area contributed by atoms with E-state index in [1.165, 1.54) is 5.56 Å². The Hall–Kier alpha value is -3.84. The van der Waals surface area contributed by atoms with Crippen LogP contribution in [0.2, 0.25) is 0 Å². The molecule has 212 valence electrons. The molecule has 1 saturated heterocycles. The molecule has 1 unspecified atom stereocenters. The van der Waals surface area contributed by atoms with Crippen molar-refractivity contribution in [3.63, 3.8) is 0 Å². The fourth-order valence-electron chi connectivity index (χ4n) is 5.40. The molecule has 1 fully saturated rings. The van der Waals surface area contributed by atoms with Crippen molar-refractivity contribution in [2.75, 3.05) is 22.9 Å². The predicted molar refractivity (Wildman–Crippen MR) is 171 cm³/mol. The summed E-state index contributed by atoms with van der Waals surface area (Å²) in [5.74, 6) is 0.741. The average Bonchev–Trinajstić information content (AvgIpc) is 2.97. The van der Waals surface area contributed by atoms with Crippen LogP contribution < -0.4 is 10.6 Å². The quantitative estimate of drug-likeness (QED) is 0.294. The maximum absolute atomic E-state index is 13.8. The SMILES string of the molecule is CCCCc1ccc(C(=O)Nc2ccc(C3C(C(=O)Nc4ccc(C)cc4C)=C(C)N=C4SCCCN43)cc2)cc1. The summed E-state index contributed by atoms with van der Waals surface area (Å²) in [6.45, 7) is 8.98. The molecule has 0 aromatic heterocycles. The zero-order chi connectivity index (χ0) is 28.9. The van der Waals surface area contributed by atoms with Crippen LogP contribution in [0.3, 0.4) is 0 Å². The van der Waals surface area contributed by atoms with Gasteiger partial charge in [0.1, 0.15) is 0 Å². The van der Waals surface area contributed by atoms with E-state index in [2.05, 4.69) is 28.5 Å². The Labute approximate surface area is 247 Å². The number of thioether (sulfide) groups is 1. The Kier molecular flexibility index (Phi) is 8.93. The molecule has 3 aromatic carbocycles. The molecule has 2 N–H and O–H groups in total. The summed E-state index contributed by atoms with van der Waals surface area (Å²) in [6.07, 6.45) is 4.35. The van der Waals surface area contributed by atoms with Gasteiger partial charge in [-0.2, -0.15) is 0 Å². The number of nitrogens with zero attached hydrogens (tertiary/aromatic N) is 2. The molecule has 2 aliphatic heterocycles. The van der Waals surface area contributed by atoms with Gasteiger partial charge in [-0.15, -0.1) is 0 Å². The third kappa shape index (κ3) is 6.57. The van der Waals surface area contributed by atoms with Crippen LogP contribution in [0.15, 0.2) is 83.0 Å². The molecule has 7 heteroatoms. The second-order valence-electron chi connectivity index (χ2n) is 10.8. The van der Waals surface area contributed by atoms with Gasteiger partial charge < -0.3 is 15.5 Å². The average molecular weight is 567 g/mol. The number of carbonyl (C=O) groups excluding carboxylic acids is 2. The highest BCUT2D eigenvalue weighted by atomic mass is 32.2. The number of aryl methyl sites for hydroxylation is 3. The summed E-state index contributed by atoms with van der Waals surface area (Å²) in [4.78, 5) is 33.8. The maximum Gasteiger partial charge on any atom is 0.255 e. The van der Waals surface area contributed by atoms with Crippen LogP contribution in [0, 0.1) is 13.8 Å². The smallest absolute Gasteiger partial charge is 0.255 e. The summed E-state index contributed by atoms with van der Waals surface area (Å²) in [6, 6.07) is 21.5. The van der Waals surface area contributed by atoms with Crippen LogP contribution in [-0.4, -0.2) is 34.2 Å². The molecular formula is C34H38N4O2S. The number of hydrogen-bond donors (Lipinski definition) is 2. The molecule has 0 spiro atoms. The Bertz CT molecular complexity index is 1490. The first-order valence-electron chi connectivity index (χ1n) is 14.4. The molecule has 6 nitrogen and oxygen atoms in total. The second kappa shape index (κ2) is 12.8.